The first-order chi connectivity index (χ1) is 15.8. The van der Waals surface area contributed by atoms with Gasteiger partial charge in [-0.25, -0.2) is 0 Å². The molecule has 0 amide bonds. The van der Waals surface area contributed by atoms with Gasteiger partial charge in [-0.1, -0.05) is 50.6 Å². The molecule has 178 valence electrons. The van der Waals surface area contributed by atoms with Crippen LogP contribution in [0.1, 0.15) is 102 Å². The van der Waals surface area contributed by atoms with E-state index in [0.29, 0.717) is 42.9 Å². The van der Waals surface area contributed by atoms with Crippen molar-refractivity contribution in [2.24, 2.45) is 17.3 Å². The van der Waals surface area contributed by atoms with Crippen LogP contribution in [0.3, 0.4) is 0 Å². The molecule has 4 aliphatic carbocycles. The van der Waals surface area contributed by atoms with E-state index in [1.807, 2.05) is 6.08 Å². The molecule has 5 rings (SSSR count). The lowest BCUT2D eigenvalue weighted by Crippen LogP contribution is -2.51. The van der Waals surface area contributed by atoms with Crippen LogP contribution in [0.15, 0.2) is 47.1 Å². The number of hydrogen-bond donors (Lipinski definition) is 2. The Bertz CT molecular complexity index is 984. The van der Waals surface area contributed by atoms with E-state index in [9.17, 15) is 15.0 Å². The highest BCUT2D eigenvalue weighted by Crippen LogP contribution is 2.67. The maximum Gasteiger partial charge on any atom is 0.156 e. The van der Waals surface area contributed by atoms with Crippen LogP contribution < -0.4 is 0 Å². The molecular weight excluding hydrogens is 408 g/mol. The Labute approximate surface area is 199 Å². The molecule has 3 heteroatoms. The summed E-state index contributed by atoms with van der Waals surface area (Å²) in [6.07, 6.45) is 9.76. The first kappa shape index (κ1) is 23.1. The first-order valence-electron chi connectivity index (χ1n) is 13.2. The maximum atomic E-state index is 12.2. The molecule has 0 unspecified atom stereocenters. The molecule has 2 saturated carbocycles. The highest BCUT2D eigenvalue weighted by molar-refractivity contribution is 5.93. The zero-order valence-corrected chi connectivity index (χ0v) is 20.6. The van der Waals surface area contributed by atoms with E-state index in [0.717, 1.165) is 38.5 Å². The van der Waals surface area contributed by atoms with Gasteiger partial charge in [0.1, 0.15) is 0 Å². The highest BCUT2D eigenvalue weighted by Gasteiger charge is 2.62. The Morgan fingerprint density at radius 3 is 2.55 bits per heavy atom. The van der Waals surface area contributed by atoms with Crippen molar-refractivity contribution in [2.75, 3.05) is 6.61 Å². The van der Waals surface area contributed by atoms with Crippen LogP contribution in [0, 0.1) is 17.3 Å². The second kappa shape index (κ2) is 8.50. The fourth-order valence-electron chi connectivity index (χ4n) is 7.95. The number of aliphatic hydroxyl groups excluding tert-OH is 1. The van der Waals surface area contributed by atoms with Gasteiger partial charge in [-0.2, -0.15) is 0 Å². The molecule has 0 saturated heterocycles. The fraction of sp³-hybridized carbons (Fsp3) is 0.633. The number of ketones is 1. The number of carbonyl (C=O) groups is 1. The quantitative estimate of drug-likeness (QED) is 0.563. The number of rotatable bonds is 5. The molecule has 1 aromatic rings. The molecule has 3 nitrogen and oxygen atoms in total. The van der Waals surface area contributed by atoms with Crippen molar-refractivity contribution in [1.82, 2.24) is 0 Å². The number of aliphatic hydroxyl groups is 2. The molecule has 1 aromatic carbocycles. The van der Waals surface area contributed by atoms with Gasteiger partial charge in [-0.15, -0.1) is 0 Å². The van der Waals surface area contributed by atoms with Gasteiger partial charge in [0, 0.05) is 24.4 Å². The van der Waals surface area contributed by atoms with Crippen LogP contribution in [0.25, 0.3) is 0 Å². The molecule has 0 bridgehead atoms. The van der Waals surface area contributed by atoms with Crippen LogP contribution in [-0.4, -0.2) is 28.2 Å². The third-order valence-electron chi connectivity index (χ3n) is 9.81. The van der Waals surface area contributed by atoms with Gasteiger partial charge >= 0.3 is 0 Å². The number of hydrogen-bond acceptors (Lipinski definition) is 3. The van der Waals surface area contributed by atoms with Crippen molar-refractivity contribution in [2.45, 2.75) is 96.0 Å². The molecule has 2 N–H and O–H groups in total. The molecular formula is C30H40O3. The fourth-order valence-corrected chi connectivity index (χ4v) is 7.95. The first-order valence-corrected chi connectivity index (χ1v) is 13.2. The van der Waals surface area contributed by atoms with E-state index in [1.54, 1.807) is 5.57 Å². The van der Waals surface area contributed by atoms with E-state index < -0.39 is 5.60 Å². The Kier molecular flexibility index (Phi) is 5.94. The Balaban J connectivity index is 1.62. The minimum Gasteiger partial charge on any atom is -0.396 e. The maximum absolute atomic E-state index is 12.2. The van der Waals surface area contributed by atoms with Gasteiger partial charge in [0.05, 0.1) is 5.60 Å². The van der Waals surface area contributed by atoms with Gasteiger partial charge in [-0.3, -0.25) is 4.79 Å². The Morgan fingerprint density at radius 1 is 1.09 bits per heavy atom. The zero-order valence-electron chi connectivity index (χ0n) is 20.6. The summed E-state index contributed by atoms with van der Waals surface area (Å²) in [6.45, 7) is 6.96. The second-order valence-corrected chi connectivity index (χ2v) is 11.7. The largest absolute Gasteiger partial charge is 0.396 e. The lowest BCUT2D eigenvalue weighted by Gasteiger charge is -2.55. The summed E-state index contributed by atoms with van der Waals surface area (Å²) in [5.41, 5.74) is 6.22. The summed E-state index contributed by atoms with van der Waals surface area (Å²) < 4.78 is 0. The van der Waals surface area contributed by atoms with E-state index in [4.69, 9.17) is 0 Å². The van der Waals surface area contributed by atoms with E-state index >= 15 is 0 Å². The average molecular weight is 449 g/mol. The normalized spacial score (nSPS) is 35.9. The zero-order chi connectivity index (χ0) is 23.4. The summed E-state index contributed by atoms with van der Waals surface area (Å²) in [4.78, 5) is 12.2. The third-order valence-corrected chi connectivity index (χ3v) is 9.81. The lowest BCUT2D eigenvalue weighted by atomic mass is 9.51. The van der Waals surface area contributed by atoms with Gasteiger partial charge in [0.25, 0.3) is 0 Å². The monoisotopic (exact) mass is 448 g/mol. The summed E-state index contributed by atoms with van der Waals surface area (Å²) in [5, 5.41) is 21.4. The van der Waals surface area contributed by atoms with Crippen molar-refractivity contribution < 1.29 is 15.0 Å². The molecule has 0 spiro atoms. The molecule has 0 aromatic heterocycles. The third kappa shape index (κ3) is 3.67. The summed E-state index contributed by atoms with van der Waals surface area (Å²) in [7, 11) is 0. The van der Waals surface area contributed by atoms with Gasteiger partial charge in [-0.05, 0) is 97.5 Å². The van der Waals surface area contributed by atoms with Crippen molar-refractivity contribution in [3.05, 3.63) is 58.2 Å². The van der Waals surface area contributed by atoms with Gasteiger partial charge < -0.3 is 10.2 Å². The molecule has 0 heterocycles. The minimum atomic E-state index is -0.703. The SMILES string of the molecule is CC(C)c1ccc([C@H]2C[C@@]3(C)[C@@H](CC[C@@]3(O)CCCO)[C@@H]3CCC4=CC(=O)CCC4=C32)cc1. The second-order valence-electron chi connectivity index (χ2n) is 11.7. The number of benzene rings is 1. The van der Waals surface area contributed by atoms with Gasteiger partial charge in [0.15, 0.2) is 5.78 Å². The van der Waals surface area contributed by atoms with Crippen LogP contribution in [0.5, 0.6) is 0 Å². The summed E-state index contributed by atoms with van der Waals surface area (Å²) in [6, 6.07) is 9.21. The van der Waals surface area contributed by atoms with Crippen LogP contribution >= 0.6 is 0 Å². The smallest absolute Gasteiger partial charge is 0.156 e. The molecule has 0 aliphatic heterocycles. The number of allylic oxidation sites excluding steroid dienone is 4. The predicted octanol–water partition coefficient (Wildman–Crippen LogP) is 6.21. The topological polar surface area (TPSA) is 57.5 Å². The van der Waals surface area contributed by atoms with Crippen LogP contribution in [-0.2, 0) is 4.79 Å². The Hall–Kier alpha value is -1.71. The molecule has 33 heavy (non-hydrogen) atoms. The minimum absolute atomic E-state index is 0.143. The molecule has 2 fully saturated rings. The molecule has 0 radical (unpaired) electrons. The summed E-state index contributed by atoms with van der Waals surface area (Å²) >= 11 is 0. The van der Waals surface area contributed by atoms with Gasteiger partial charge in [0.2, 0.25) is 0 Å². The van der Waals surface area contributed by atoms with E-state index in [-0.39, 0.29) is 17.8 Å². The standard InChI is InChI=1S/C30H40O3/c1-19(2)20-5-7-21(8-6-20)26-18-29(3)27(13-15-30(29,33)14-4-16-31)25-11-9-22-17-23(32)10-12-24(22)28(25)26/h5-8,17,19,25-27,31,33H,4,9-16,18H2,1-3H3/t25-,26+,27-,29-,30-/m0/s1. The van der Waals surface area contributed by atoms with Crippen molar-refractivity contribution in [3.63, 3.8) is 0 Å². The van der Waals surface area contributed by atoms with Crippen LogP contribution in [0.2, 0.25) is 0 Å². The van der Waals surface area contributed by atoms with Crippen LogP contribution in [0.4, 0.5) is 0 Å². The van der Waals surface area contributed by atoms with E-state index in [2.05, 4.69) is 45.0 Å². The lowest BCUT2D eigenvalue weighted by molar-refractivity contribution is -0.114. The van der Waals surface area contributed by atoms with Crippen molar-refractivity contribution >= 4 is 5.78 Å². The average Bonchev–Trinajstić information content (AvgIpc) is 3.07. The predicted molar refractivity (Wildman–Crippen MR) is 132 cm³/mol. The molecule has 5 atom stereocenters. The van der Waals surface area contributed by atoms with Crippen molar-refractivity contribution in [1.29, 1.82) is 0 Å². The summed E-state index contributed by atoms with van der Waals surface area (Å²) in [5.74, 6) is 2.05. The molecule has 4 aliphatic rings. The van der Waals surface area contributed by atoms with Crippen molar-refractivity contribution in [3.8, 4) is 0 Å². The number of fused-ring (bicyclic) bond motifs is 4. The Morgan fingerprint density at radius 2 is 1.85 bits per heavy atom. The van der Waals surface area contributed by atoms with E-state index in [1.165, 1.54) is 22.3 Å². The number of carbonyl (C=O) groups excluding carboxylic acids is 1. The highest BCUT2D eigenvalue weighted by atomic mass is 16.3.